The van der Waals surface area contributed by atoms with Crippen LogP contribution in [0.3, 0.4) is 0 Å². The first-order chi connectivity index (χ1) is 13.5. The highest BCUT2D eigenvalue weighted by atomic mass is 35.5. The van der Waals surface area contributed by atoms with Gasteiger partial charge in [-0.15, -0.1) is 0 Å². The standard InChI is InChI=1S/C20H20Cl2N4O3/c1-11-15(9-6-13(10-23)16(11)22)24-17(20(2,3)29)19(28)26-25-18(27)12-4-7-14(21)8-5-12/h4-9,17,24,29H,1-3H3,(H,25,27)(H,26,28). The normalized spacial score (nSPS) is 11.9. The van der Waals surface area contributed by atoms with E-state index in [1.807, 2.05) is 6.07 Å². The zero-order chi connectivity index (χ0) is 21.8. The van der Waals surface area contributed by atoms with Gasteiger partial charge in [0.2, 0.25) is 0 Å². The van der Waals surface area contributed by atoms with Gasteiger partial charge in [0, 0.05) is 16.3 Å². The molecule has 1 atom stereocenters. The Morgan fingerprint density at radius 1 is 1.10 bits per heavy atom. The van der Waals surface area contributed by atoms with Crippen molar-refractivity contribution in [2.24, 2.45) is 0 Å². The zero-order valence-corrected chi connectivity index (χ0v) is 17.5. The van der Waals surface area contributed by atoms with Crippen molar-refractivity contribution in [2.75, 3.05) is 5.32 Å². The molecule has 7 nitrogen and oxygen atoms in total. The van der Waals surface area contributed by atoms with Crippen molar-refractivity contribution < 1.29 is 14.7 Å². The van der Waals surface area contributed by atoms with Gasteiger partial charge in [-0.3, -0.25) is 20.4 Å². The van der Waals surface area contributed by atoms with Gasteiger partial charge in [0.25, 0.3) is 11.8 Å². The molecule has 2 aromatic rings. The summed E-state index contributed by atoms with van der Waals surface area (Å²) in [4.78, 5) is 24.8. The lowest BCUT2D eigenvalue weighted by atomic mass is 9.97. The molecule has 0 bridgehead atoms. The largest absolute Gasteiger partial charge is 0.388 e. The Morgan fingerprint density at radius 3 is 2.28 bits per heavy atom. The minimum Gasteiger partial charge on any atom is -0.388 e. The summed E-state index contributed by atoms with van der Waals surface area (Å²) in [6.45, 7) is 4.59. The molecule has 2 aromatic carbocycles. The third-order valence-electron chi connectivity index (χ3n) is 4.18. The molecule has 4 N–H and O–H groups in total. The van der Waals surface area contributed by atoms with E-state index in [1.54, 1.807) is 25.1 Å². The highest BCUT2D eigenvalue weighted by Crippen LogP contribution is 2.28. The number of hydrogen-bond acceptors (Lipinski definition) is 5. The monoisotopic (exact) mass is 434 g/mol. The van der Waals surface area contributed by atoms with Gasteiger partial charge in [-0.25, -0.2) is 0 Å². The number of carbonyl (C=O) groups is 2. The summed E-state index contributed by atoms with van der Waals surface area (Å²) >= 11 is 12.0. The highest BCUT2D eigenvalue weighted by Gasteiger charge is 2.34. The van der Waals surface area contributed by atoms with Crippen molar-refractivity contribution in [2.45, 2.75) is 32.4 Å². The van der Waals surface area contributed by atoms with Gasteiger partial charge in [-0.1, -0.05) is 23.2 Å². The lowest BCUT2D eigenvalue weighted by Crippen LogP contribution is -2.56. The number of anilines is 1. The molecule has 0 aliphatic carbocycles. The third kappa shape index (κ3) is 5.61. The Hall–Kier alpha value is -2.79. The van der Waals surface area contributed by atoms with Crippen molar-refractivity contribution in [3.8, 4) is 6.07 Å². The van der Waals surface area contributed by atoms with E-state index in [0.717, 1.165) is 0 Å². The van der Waals surface area contributed by atoms with Crippen LogP contribution in [0, 0.1) is 18.3 Å². The number of benzene rings is 2. The van der Waals surface area contributed by atoms with Gasteiger partial charge in [-0.05, 0) is 62.7 Å². The molecule has 0 saturated carbocycles. The van der Waals surface area contributed by atoms with Crippen LogP contribution in [-0.4, -0.2) is 28.6 Å². The molecule has 0 aromatic heterocycles. The second-order valence-electron chi connectivity index (χ2n) is 6.89. The minimum absolute atomic E-state index is 0.253. The predicted octanol–water partition coefficient (Wildman–Crippen LogP) is 3.19. The van der Waals surface area contributed by atoms with E-state index in [0.29, 0.717) is 27.4 Å². The Bertz CT molecular complexity index is 963. The molecule has 2 rings (SSSR count). The van der Waals surface area contributed by atoms with Crippen LogP contribution < -0.4 is 16.2 Å². The van der Waals surface area contributed by atoms with E-state index >= 15 is 0 Å². The molecule has 9 heteroatoms. The fraction of sp³-hybridized carbons (Fsp3) is 0.250. The summed E-state index contributed by atoms with van der Waals surface area (Å²) in [5, 5.41) is 23.2. The first-order valence-corrected chi connectivity index (χ1v) is 9.34. The van der Waals surface area contributed by atoms with Gasteiger partial charge in [0.15, 0.2) is 0 Å². The molecular formula is C20H20Cl2N4O3. The Balaban J connectivity index is 2.15. The lowest BCUT2D eigenvalue weighted by Gasteiger charge is -2.30. The van der Waals surface area contributed by atoms with E-state index in [2.05, 4.69) is 16.2 Å². The van der Waals surface area contributed by atoms with Gasteiger partial charge < -0.3 is 10.4 Å². The summed E-state index contributed by atoms with van der Waals surface area (Å²) in [5.74, 6) is -1.21. The number of carbonyl (C=O) groups excluding carboxylic acids is 2. The Labute approximate surface area is 178 Å². The molecule has 0 radical (unpaired) electrons. The number of nitrogens with one attached hydrogen (secondary N) is 3. The Morgan fingerprint density at radius 2 is 1.72 bits per heavy atom. The molecule has 0 saturated heterocycles. The van der Waals surface area contributed by atoms with Gasteiger partial charge >= 0.3 is 0 Å². The maximum absolute atomic E-state index is 12.6. The van der Waals surface area contributed by atoms with Crippen LogP contribution in [0.1, 0.15) is 35.3 Å². The number of rotatable bonds is 5. The van der Waals surface area contributed by atoms with E-state index < -0.39 is 23.5 Å². The van der Waals surface area contributed by atoms with Crippen LogP contribution in [0.25, 0.3) is 0 Å². The zero-order valence-electron chi connectivity index (χ0n) is 16.0. The number of nitrogens with zero attached hydrogens (tertiary/aromatic N) is 1. The van der Waals surface area contributed by atoms with E-state index in [-0.39, 0.29) is 5.02 Å². The second kappa shape index (κ2) is 9.14. The smallest absolute Gasteiger partial charge is 0.269 e. The molecule has 0 heterocycles. The van der Waals surface area contributed by atoms with Crippen molar-refractivity contribution in [1.29, 1.82) is 5.26 Å². The number of aliphatic hydroxyl groups is 1. The molecule has 2 amide bonds. The van der Waals surface area contributed by atoms with E-state index in [9.17, 15) is 14.7 Å². The molecule has 0 spiro atoms. The van der Waals surface area contributed by atoms with Crippen LogP contribution in [0.5, 0.6) is 0 Å². The maximum Gasteiger partial charge on any atom is 0.269 e. The summed E-state index contributed by atoms with van der Waals surface area (Å²) in [6.07, 6.45) is 0. The lowest BCUT2D eigenvalue weighted by molar-refractivity contribution is -0.127. The van der Waals surface area contributed by atoms with Crippen molar-refractivity contribution >= 4 is 40.7 Å². The summed E-state index contributed by atoms with van der Waals surface area (Å²) in [7, 11) is 0. The quantitative estimate of drug-likeness (QED) is 0.539. The van der Waals surface area contributed by atoms with Gasteiger partial charge in [0.1, 0.15) is 12.1 Å². The predicted molar refractivity (Wildman–Crippen MR) is 112 cm³/mol. The fourth-order valence-corrected chi connectivity index (χ4v) is 2.84. The summed E-state index contributed by atoms with van der Waals surface area (Å²) < 4.78 is 0. The maximum atomic E-state index is 12.6. The van der Waals surface area contributed by atoms with Crippen molar-refractivity contribution in [3.05, 3.63) is 63.1 Å². The van der Waals surface area contributed by atoms with Crippen LogP contribution >= 0.6 is 23.2 Å². The van der Waals surface area contributed by atoms with Crippen LogP contribution in [-0.2, 0) is 4.79 Å². The first-order valence-electron chi connectivity index (χ1n) is 8.58. The molecule has 0 fully saturated rings. The molecule has 152 valence electrons. The van der Waals surface area contributed by atoms with E-state index in [1.165, 1.54) is 32.0 Å². The van der Waals surface area contributed by atoms with Gasteiger partial charge in [-0.2, -0.15) is 5.26 Å². The van der Waals surface area contributed by atoms with Crippen LogP contribution in [0.4, 0.5) is 5.69 Å². The van der Waals surface area contributed by atoms with Crippen LogP contribution in [0.15, 0.2) is 36.4 Å². The SMILES string of the molecule is Cc1c(NC(C(=O)NNC(=O)c2ccc(Cl)cc2)C(C)(C)O)ccc(C#N)c1Cl. The highest BCUT2D eigenvalue weighted by molar-refractivity contribution is 6.33. The number of amides is 2. The van der Waals surface area contributed by atoms with Crippen molar-refractivity contribution in [3.63, 3.8) is 0 Å². The average Bonchev–Trinajstić information content (AvgIpc) is 2.66. The fourth-order valence-electron chi connectivity index (χ4n) is 2.51. The molecule has 0 aliphatic heterocycles. The number of halogens is 2. The summed E-state index contributed by atoms with van der Waals surface area (Å²) in [6, 6.07) is 10.1. The van der Waals surface area contributed by atoms with E-state index in [4.69, 9.17) is 28.5 Å². The Kier molecular flexibility index (Phi) is 7.09. The number of hydrogen-bond donors (Lipinski definition) is 4. The third-order valence-corrected chi connectivity index (χ3v) is 4.92. The molecule has 0 aliphatic rings. The summed E-state index contributed by atoms with van der Waals surface area (Å²) in [5.41, 5.74) is 4.74. The minimum atomic E-state index is -1.48. The number of nitriles is 1. The average molecular weight is 435 g/mol. The first kappa shape index (κ1) is 22.5. The topological polar surface area (TPSA) is 114 Å². The van der Waals surface area contributed by atoms with Crippen LogP contribution in [0.2, 0.25) is 10.0 Å². The molecule has 29 heavy (non-hydrogen) atoms. The van der Waals surface area contributed by atoms with Crippen molar-refractivity contribution in [1.82, 2.24) is 10.9 Å². The molecule has 1 unspecified atom stereocenters. The second-order valence-corrected chi connectivity index (χ2v) is 7.71. The van der Waals surface area contributed by atoms with Gasteiger partial charge in [0.05, 0.1) is 16.2 Å². The molecular weight excluding hydrogens is 415 g/mol. The number of hydrazine groups is 1.